The van der Waals surface area contributed by atoms with Crippen molar-refractivity contribution in [1.29, 1.82) is 0 Å². The molecule has 2 nitrogen and oxygen atoms in total. The van der Waals surface area contributed by atoms with Crippen molar-refractivity contribution in [2.24, 2.45) is 0 Å². The highest BCUT2D eigenvalue weighted by atomic mass is 32.1. The van der Waals surface area contributed by atoms with Crippen LogP contribution in [0.3, 0.4) is 0 Å². The Morgan fingerprint density at radius 3 is 2.81 bits per heavy atom. The van der Waals surface area contributed by atoms with Gasteiger partial charge >= 0.3 is 0 Å². The Bertz CT molecular complexity index is 309. The zero-order chi connectivity index (χ0) is 12.0. The lowest BCUT2D eigenvalue weighted by molar-refractivity contribution is 0.0508. The maximum Gasteiger partial charge on any atom is 0.0731 e. The monoisotopic (exact) mass is 241 g/mol. The van der Waals surface area contributed by atoms with Crippen molar-refractivity contribution in [3.63, 3.8) is 0 Å². The van der Waals surface area contributed by atoms with Crippen LogP contribution in [0.4, 0.5) is 0 Å². The molecule has 1 unspecified atom stereocenters. The molecule has 1 N–H and O–H groups in total. The fourth-order valence-electron chi connectivity index (χ4n) is 1.42. The van der Waals surface area contributed by atoms with Gasteiger partial charge in [0.25, 0.3) is 0 Å². The average molecular weight is 241 g/mol. The topological polar surface area (TPSA) is 21.3 Å². The number of aryl methyl sites for hydroxylation is 1. The first-order valence-electron chi connectivity index (χ1n) is 6.07. The molecule has 0 aliphatic rings. The molecule has 1 aromatic heterocycles. The summed E-state index contributed by atoms with van der Waals surface area (Å²) in [5.41, 5.74) is 1.35. The molecule has 1 aromatic rings. The second-order valence-corrected chi connectivity index (χ2v) is 5.45. The van der Waals surface area contributed by atoms with Gasteiger partial charge in [-0.1, -0.05) is 13.8 Å². The maximum absolute atomic E-state index is 5.76. The summed E-state index contributed by atoms with van der Waals surface area (Å²) in [6, 6.07) is 2.27. The van der Waals surface area contributed by atoms with Crippen LogP contribution in [-0.4, -0.2) is 12.6 Å². The first kappa shape index (κ1) is 13.7. The second-order valence-electron chi connectivity index (χ2n) is 4.10. The lowest BCUT2D eigenvalue weighted by Gasteiger charge is -2.09. The normalized spacial score (nSPS) is 13.0. The Labute approximate surface area is 103 Å². The van der Waals surface area contributed by atoms with Crippen molar-refractivity contribution in [1.82, 2.24) is 5.32 Å². The fraction of sp³-hybridized carbons (Fsp3) is 0.692. The molecule has 0 radical (unpaired) electrons. The minimum absolute atomic E-state index is 0.358. The van der Waals surface area contributed by atoms with Crippen molar-refractivity contribution in [2.75, 3.05) is 6.54 Å². The van der Waals surface area contributed by atoms with Gasteiger partial charge in [-0.2, -0.15) is 0 Å². The van der Waals surface area contributed by atoms with Crippen LogP contribution in [0.2, 0.25) is 0 Å². The van der Waals surface area contributed by atoms with E-state index in [9.17, 15) is 0 Å². The van der Waals surface area contributed by atoms with E-state index in [4.69, 9.17) is 4.74 Å². The van der Waals surface area contributed by atoms with Crippen LogP contribution in [-0.2, 0) is 17.9 Å². The van der Waals surface area contributed by atoms with Crippen LogP contribution in [0.15, 0.2) is 6.07 Å². The van der Waals surface area contributed by atoms with E-state index in [1.807, 2.05) is 11.3 Å². The minimum atomic E-state index is 0.358. The Hall–Kier alpha value is -0.380. The van der Waals surface area contributed by atoms with Gasteiger partial charge in [0.1, 0.15) is 0 Å². The van der Waals surface area contributed by atoms with Crippen LogP contribution >= 0.6 is 11.3 Å². The number of hydrogen-bond acceptors (Lipinski definition) is 3. The molecule has 0 saturated heterocycles. The number of nitrogens with one attached hydrogen (secondary N) is 1. The highest BCUT2D eigenvalue weighted by Crippen LogP contribution is 2.22. The lowest BCUT2D eigenvalue weighted by Crippen LogP contribution is -2.10. The quantitative estimate of drug-likeness (QED) is 0.789. The Kier molecular flexibility index (Phi) is 6.03. The van der Waals surface area contributed by atoms with Crippen LogP contribution in [0.5, 0.6) is 0 Å². The zero-order valence-corrected chi connectivity index (χ0v) is 11.6. The summed E-state index contributed by atoms with van der Waals surface area (Å²) in [6.07, 6.45) is 1.43. The molecule has 1 atom stereocenters. The first-order chi connectivity index (χ1) is 7.67. The predicted molar refractivity (Wildman–Crippen MR) is 71.0 cm³/mol. The Morgan fingerprint density at radius 1 is 1.44 bits per heavy atom. The fourth-order valence-corrected chi connectivity index (χ4v) is 2.43. The molecule has 16 heavy (non-hydrogen) atoms. The van der Waals surface area contributed by atoms with Crippen LogP contribution in [0, 0.1) is 6.92 Å². The second kappa shape index (κ2) is 7.05. The van der Waals surface area contributed by atoms with E-state index in [0.717, 1.165) is 26.1 Å². The predicted octanol–water partition coefficient (Wildman–Crippen LogP) is 3.48. The third kappa shape index (κ3) is 4.24. The molecule has 92 valence electrons. The van der Waals surface area contributed by atoms with Gasteiger partial charge in [0.2, 0.25) is 0 Å². The SMILES string of the molecule is CCNCc1cc(COC(C)CC)c(C)s1. The van der Waals surface area contributed by atoms with Crippen molar-refractivity contribution in [2.45, 2.75) is 53.4 Å². The van der Waals surface area contributed by atoms with Gasteiger partial charge in [0, 0.05) is 16.3 Å². The number of thiophene rings is 1. The molecule has 0 spiro atoms. The molecule has 0 amide bonds. The molecular weight excluding hydrogens is 218 g/mol. The van der Waals surface area contributed by atoms with Crippen LogP contribution < -0.4 is 5.32 Å². The average Bonchev–Trinajstić information content (AvgIpc) is 2.64. The van der Waals surface area contributed by atoms with E-state index in [1.165, 1.54) is 15.3 Å². The first-order valence-corrected chi connectivity index (χ1v) is 6.89. The van der Waals surface area contributed by atoms with Crippen molar-refractivity contribution < 1.29 is 4.74 Å². The van der Waals surface area contributed by atoms with E-state index < -0.39 is 0 Å². The van der Waals surface area contributed by atoms with E-state index >= 15 is 0 Å². The zero-order valence-electron chi connectivity index (χ0n) is 10.8. The van der Waals surface area contributed by atoms with E-state index in [-0.39, 0.29) is 0 Å². The van der Waals surface area contributed by atoms with E-state index in [2.05, 4.69) is 39.1 Å². The molecule has 0 aromatic carbocycles. The molecule has 1 rings (SSSR count). The lowest BCUT2D eigenvalue weighted by atomic mass is 10.2. The number of hydrogen-bond donors (Lipinski definition) is 1. The largest absolute Gasteiger partial charge is 0.374 e. The number of rotatable bonds is 7. The van der Waals surface area contributed by atoms with Gasteiger partial charge in [-0.3, -0.25) is 0 Å². The third-order valence-electron chi connectivity index (χ3n) is 2.72. The smallest absolute Gasteiger partial charge is 0.0731 e. The van der Waals surface area contributed by atoms with Crippen molar-refractivity contribution in [3.8, 4) is 0 Å². The van der Waals surface area contributed by atoms with Gasteiger partial charge in [-0.05, 0) is 38.4 Å². The van der Waals surface area contributed by atoms with Crippen molar-refractivity contribution in [3.05, 3.63) is 21.4 Å². The van der Waals surface area contributed by atoms with Crippen LogP contribution in [0.1, 0.15) is 42.5 Å². The Morgan fingerprint density at radius 2 is 2.19 bits per heavy atom. The van der Waals surface area contributed by atoms with Gasteiger partial charge in [0.15, 0.2) is 0 Å². The molecule has 1 heterocycles. The molecule has 0 fully saturated rings. The molecule has 3 heteroatoms. The van der Waals surface area contributed by atoms with Gasteiger partial charge in [-0.15, -0.1) is 11.3 Å². The molecule has 0 aliphatic heterocycles. The molecular formula is C13H23NOS. The Balaban J connectivity index is 2.49. The summed E-state index contributed by atoms with van der Waals surface area (Å²) in [4.78, 5) is 2.79. The standard InChI is InChI=1S/C13H23NOS/c1-5-10(3)15-9-12-7-13(8-14-6-2)16-11(12)4/h7,10,14H,5-6,8-9H2,1-4H3. The summed E-state index contributed by atoms with van der Waals surface area (Å²) in [5.74, 6) is 0. The van der Waals surface area contributed by atoms with Gasteiger partial charge in [-0.25, -0.2) is 0 Å². The summed E-state index contributed by atoms with van der Waals surface area (Å²) < 4.78 is 5.76. The minimum Gasteiger partial charge on any atom is -0.374 e. The summed E-state index contributed by atoms with van der Waals surface area (Å²) in [6.45, 7) is 11.3. The highest BCUT2D eigenvalue weighted by Gasteiger charge is 2.07. The van der Waals surface area contributed by atoms with Crippen LogP contribution in [0.25, 0.3) is 0 Å². The molecule has 0 bridgehead atoms. The van der Waals surface area contributed by atoms with E-state index in [1.54, 1.807) is 0 Å². The maximum atomic E-state index is 5.76. The summed E-state index contributed by atoms with van der Waals surface area (Å²) >= 11 is 1.87. The van der Waals surface area contributed by atoms with Gasteiger partial charge in [0.05, 0.1) is 12.7 Å². The molecule has 0 aliphatic carbocycles. The van der Waals surface area contributed by atoms with Crippen molar-refractivity contribution >= 4 is 11.3 Å². The van der Waals surface area contributed by atoms with E-state index in [0.29, 0.717) is 6.10 Å². The third-order valence-corrected chi connectivity index (χ3v) is 3.81. The summed E-state index contributed by atoms with van der Waals surface area (Å²) in [5, 5.41) is 3.35. The molecule has 0 saturated carbocycles. The van der Waals surface area contributed by atoms with Gasteiger partial charge < -0.3 is 10.1 Å². The summed E-state index contributed by atoms with van der Waals surface area (Å²) in [7, 11) is 0. The number of ether oxygens (including phenoxy) is 1. The highest BCUT2D eigenvalue weighted by molar-refractivity contribution is 7.12.